The van der Waals surface area contributed by atoms with Crippen LogP contribution in [0.3, 0.4) is 0 Å². The van der Waals surface area contributed by atoms with Gasteiger partial charge in [-0.2, -0.15) is 10.1 Å². The number of hydrogen-bond acceptors (Lipinski definition) is 8. The maximum absolute atomic E-state index is 13.5. The molecule has 0 aliphatic rings. The molecule has 0 saturated heterocycles. The summed E-state index contributed by atoms with van der Waals surface area (Å²) in [5, 5.41) is 18.4. The molecule has 0 radical (unpaired) electrons. The number of aryl methyl sites for hydroxylation is 1. The fourth-order valence-corrected chi connectivity index (χ4v) is 5.44. The first-order chi connectivity index (χ1) is 25.0. The lowest BCUT2D eigenvalue weighted by atomic mass is 9.92. The van der Waals surface area contributed by atoms with Crippen LogP contribution in [0.1, 0.15) is 55.7 Å². The highest BCUT2D eigenvalue weighted by Crippen LogP contribution is 2.35. The molecule has 4 N–H and O–H groups in total. The summed E-state index contributed by atoms with van der Waals surface area (Å²) in [6.45, 7) is 10.8. The molecule has 0 fully saturated rings. The number of rotatable bonds is 11. The minimum absolute atomic E-state index is 0.184. The minimum atomic E-state index is -0.415. The van der Waals surface area contributed by atoms with E-state index in [0.717, 1.165) is 34.1 Å². The maximum Gasteiger partial charge on any atom is 0.324 e. The Morgan fingerprint density at radius 2 is 1.60 bits per heavy atom. The van der Waals surface area contributed by atoms with E-state index in [1.165, 1.54) is 0 Å². The Morgan fingerprint density at radius 1 is 0.846 bits per heavy atom. The topological polar surface area (TPSA) is 144 Å². The van der Waals surface area contributed by atoms with Crippen molar-refractivity contribution in [2.75, 3.05) is 29.6 Å². The Morgan fingerprint density at radius 3 is 2.33 bits per heavy atom. The van der Waals surface area contributed by atoms with E-state index in [0.29, 0.717) is 40.8 Å². The number of amides is 3. The van der Waals surface area contributed by atoms with Crippen LogP contribution in [0.4, 0.5) is 27.9 Å². The molecule has 12 nitrogen and oxygen atoms in total. The number of carbonyl (C=O) groups is 2. The van der Waals surface area contributed by atoms with E-state index >= 15 is 0 Å². The summed E-state index contributed by atoms with van der Waals surface area (Å²) in [7, 11) is 1.55. The van der Waals surface area contributed by atoms with Crippen LogP contribution < -0.4 is 30.7 Å². The lowest BCUT2D eigenvalue weighted by Gasteiger charge is -2.15. The van der Waals surface area contributed by atoms with Crippen LogP contribution in [0.5, 0.6) is 17.4 Å². The summed E-state index contributed by atoms with van der Waals surface area (Å²) in [5.74, 6) is 1.96. The second-order valence-corrected chi connectivity index (χ2v) is 13.3. The van der Waals surface area contributed by atoms with Crippen molar-refractivity contribution in [3.63, 3.8) is 0 Å². The fraction of sp³-hybridized carbons (Fsp3) is 0.225. The van der Waals surface area contributed by atoms with Crippen molar-refractivity contribution in [2.45, 2.75) is 46.5 Å². The summed E-state index contributed by atoms with van der Waals surface area (Å²) in [4.78, 5) is 35.0. The largest absolute Gasteiger partial charge is 0.495 e. The molecule has 0 aliphatic carbocycles. The quantitative estimate of drug-likeness (QED) is 0.105. The van der Waals surface area contributed by atoms with Gasteiger partial charge in [-0.15, -0.1) is 0 Å². The van der Waals surface area contributed by atoms with Crippen LogP contribution in [-0.4, -0.2) is 45.3 Å². The van der Waals surface area contributed by atoms with E-state index in [1.54, 1.807) is 54.4 Å². The Hall–Kier alpha value is -6.43. The van der Waals surface area contributed by atoms with Gasteiger partial charge in [0.2, 0.25) is 11.8 Å². The molecule has 0 saturated carbocycles. The van der Waals surface area contributed by atoms with E-state index in [-0.39, 0.29) is 23.2 Å². The van der Waals surface area contributed by atoms with Crippen LogP contribution in [0.25, 0.3) is 16.5 Å². The Balaban J connectivity index is 1.21. The molecule has 2 heterocycles. The van der Waals surface area contributed by atoms with Crippen molar-refractivity contribution in [1.29, 1.82) is 0 Å². The SMILES string of the molecule is CCCNC(=O)c1ccc(OC)c(Nc2nccc(Oc3ccc(NC(=O)Nc4cc(C(C)(C)C)nn4-c4ccc(C)cc4)c4ccccc34)n2)c1. The summed E-state index contributed by atoms with van der Waals surface area (Å²) >= 11 is 0. The van der Waals surface area contributed by atoms with Crippen LogP contribution in [0.15, 0.2) is 97.2 Å². The van der Waals surface area contributed by atoms with E-state index in [4.69, 9.17) is 14.6 Å². The Labute approximate surface area is 302 Å². The Kier molecular flexibility index (Phi) is 10.4. The number of benzene rings is 4. The lowest BCUT2D eigenvalue weighted by molar-refractivity contribution is 0.0953. The molecule has 2 aromatic heterocycles. The summed E-state index contributed by atoms with van der Waals surface area (Å²) in [6, 6.07) is 27.4. The number of methoxy groups -OCH3 is 1. The number of anilines is 4. The van der Waals surface area contributed by atoms with Crippen molar-refractivity contribution < 1.29 is 19.1 Å². The number of ether oxygens (including phenoxy) is 2. The molecule has 4 aromatic carbocycles. The monoisotopic (exact) mass is 698 g/mol. The van der Waals surface area contributed by atoms with Crippen molar-refractivity contribution in [3.8, 4) is 23.1 Å². The summed E-state index contributed by atoms with van der Waals surface area (Å²) in [6.07, 6.45) is 2.40. The van der Waals surface area contributed by atoms with Crippen molar-refractivity contribution in [2.24, 2.45) is 0 Å². The molecule has 52 heavy (non-hydrogen) atoms. The van der Waals surface area contributed by atoms with Crippen molar-refractivity contribution in [1.82, 2.24) is 25.1 Å². The van der Waals surface area contributed by atoms with Crippen LogP contribution in [0.2, 0.25) is 0 Å². The first kappa shape index (κ1) is 35.4. The van der Waals surface area contributed by atoms with Gasteiger partial charge in [0.25, 0.3) is 5.91 Å². The molecule has 6 rings (SSSR count). The number of nitrogens with one attached hydrogen (secondary N) is 4. The number of urea groups is 1. The zero-order valence-corrected chi connectivity index (χ0v) is 30.1. The number of hydrogen-bond donors (Lipinski definition) is 4. The van der Waals surface area contributed by atoms with E-state index in [1.807, 2.05) is 68.4 Å². The zero-order chi connectivity index (χ0) is 36.8. The molecule has 0 spiro atoms. The van der Waals surface area contributed by atoms with Gasteiger partial charge >= 0.3 is 6.03 Å². The van der Waals surface area contributed by atoms with Crippen molar-refractivity contribution >= 4 is 45.9 Å². The predicted molar refractivity (Wildman–Crippen MR) is 205 cm³/mol. The van der Waals surface area contributed by atoms with Gasteiger partial charge in [-0.3, -0.25) is 10.1 Å². The minimum Gasteiger partial charge on any atom is -0.495 e. The first-order valence-electron chi connectivity index (χ1n) is 17.0. The van der Waals surface area contributed by atoms with E-state index in [2.05, 4.69) is 52.0 Å². The molecule has 266 valence electrons. The van der Waals surface area contributed by atoms with Gasteiger partial charge in [-0.05, 0) is 55.8 Å². The second kappa shape index (κ2) is 15.2. The Bertz CT molecular complexity index is 2220. The van der Waals surface area contributed by atoms with Gasteiger partial charge in [0.05, 0.1) is 29.9 Å². The molecule has 0 bridgehead atoms. The normalized spacial score (nSPS) is 11.2. The number of aromatic nitrogens is 4. The molecule has 12 heteroatoms. The average Bonchev–Trinajstić information content (AvgIpc) is 3.56. The van der Waals surface area contributed by atoms with Crippen LogP contribution >= 0.6 is 0 Å². The first-order valence-corrected chi connectivity index (χ1v) is 17.0. The number of carbonyl (C=O) groups excluding carboxylic acids is 2. The number of fused-ring (bicyclic) bond motifs is 1. The highest BCUT2D eigenvalue weighted by Gasteiger charge is 2.22. The fourth-order valence-electron chi connectivity index (χ4n) is 5.44. The maximum atomic E-state index is 13.5. The molecule has 3 amide bonds. The highest BCUT2D eigenvalue weighted by molar-refractivity contribution is 6.07. The molecule has 0 aliphatic heterocycles. The highest BCUT2D eigenvalue weighted by atomic mass is 16.5. The predicted octanol–water partition coefficient (Wildman–Crippen LogP) is 8.75. The standard InChI is InChI=1S/C40H42N8O4/c1-7-21-41-37(49)26-14-18-33(51-6)31(23-26)43-38-42-22-20-36(46-38)52-32-19-17-30(28-10-8-9-11-29(28)32)44-39(50)45-35-24-34(40(3,4)5)47-48(35)27-15-12-25(2)13-16-27/h8-20,22-24H,7,21H2,1-6H3,(H,41,49)(H,42,43,46)(H2,44,45,50). The average molecular weight is 699 g/mol. The van der Waals surface area contributed by atoms with Gasteiger partial charge in [-0.1, -0.05) is 69.7 Å². The smallest absolute Gasteiger partial charge is 0.324 e. The molecule has 0 atom stereocenters. The van der Waals surface area contributed by atoms with Crippen LogP contribution in [-0.2, 0) is 5.41 Å². The number of nitrogens with zero attached hydrogens (tertiary/aromatic N) is 4. The van der Waals surface area contributed by atoms with Gasteiger partial charge in [0.15, 0.2) is 0 Å². The van der Waals surface area contributed by atoms with E-state index < -0.39 is 6.03 Å². The third-order valence-electron chi connectivity index (χ3n) is 8.22. The van der Waals surface area contributed by atoms with E-state index in [9.17, 15) is 9.59 Å². The molecule has 0 unspecified atom stereocenters. The summed E-state index contributed by atoms with van der Waals surface area (Å²) < 4.78 is 13.5. The molecular weight excluding hydrogens is 656 g/mol. The van der Waals surface area contributed by atoms with Crippen molar-refractivity contribution in [3.05, 3.63) is 114 Å². The van der Waals surface area contributed by atoms with Gasteiger partial charge in [0.1, 0.15) is 17.3 Å². The molecular formula is C40H42N8O4. The van der Waals surface area contributed by atoms with Crippen LogP contribution in [0, 0.1) is 6.92 Å². The van der Waals surface area contributed by atoms with Gasteiger partial charge in [-0.25, -0.2) is 14.5 Å². The summed E-state index contributed by atoms with van der Waals surface area (Å²) in [5.41, 5.74) is 4.20. The third-order valence-corrected chi connectivity index (χ3v) is 8.22. The van der Waals surface area contributed by atoms with Gasteiger partial charge in [0, 0.05) is 46.6 Å². The zero-order valence-electron chi connectivity index (χ0n) is 30.1. The third kappa shape index (κ3) is 8.13. The van der Waals surface area contributed by atoms with Gasteiger partial charge < -0.3 is 25.4 Å². The lowest BCUT2D eigenvalue weighted by Crippen LogP contribution is -2.24. The second-order valence-electron chi connectivity index (χ2n) is 13.3. The molecule has 6 aromatic rings.